The van der Waals surface area contributed by atoms with Crippen molar-refractivity contribution in [3.05, 3.63) is 42.5 Å². The van der Waals surface area contributed by atoms with Crippen molar-refractivity contribution in [1.82, 2.24) is 10.4 Å². The van der Waals surface area contributed by atoms with Crippen molar-refractivity contribution in [3.8, 4) is 10.6 Å². The number of hydrogen-bond acceptors (Lipinski definition) is 6. The van der Waals surface area contributed by atoms with Crippen LogP contribution in [0.3, 0.4) is 0 Å². The topological polar surface area (TPSA) is 96.0 Å². The number of carbonyl (C=O) groups excluding carboxylic acids is 1. The molecule has 0 aliphatic carbocycles. The van der Waals surface area contributed by atoms with Crippen LogP contribution in [0.1, 0.15) is 0 Å². The summed E-state index contributed by atoms with van der Waals surface area (Å²) in [5.41, 5.74) is 5.56. The average molecular weight is 340 g/mol. The summed E-state index contributed by atoms with van der Waals surface area (Å²) in [6, 6.07) is 13.0. The van der Waals surface area contributed by atoms with Gasteiger partial charge in [0.1, 0.15) is 5.01 Å². The molecule has 0 atom stereocenters. The highest BCUT2D eigenvalue weighted by molar-refractivity contribution is 7.21. The molecule has 0 aliphatic heterocycles. The van der Waals surface area contributed by atoms with E-state index in [-0.39, 0.29) is 0 Å². The number of hydrazine groups is 1. The second-order valence-electron chi connectivity index (χ2n) is 5.26. The highest BCUT2D eigenvalue weighted by atomic mass is 32.1. The Labute approximate surface area is 142 Å². The molecular formula is C16H16N6OS. The molecule has 122 valence electrons. The molecule has 2 amide bonds. The Morgan fingerprint density at radius 3 is 2.62 bits per heavy atom. The number of azo groups is 1. The van der Waals surface area contributed by atoms with Gasteiger partial charge in [-0.25, -0.2) is 15.6 Å². The number of fused-ring (bicyclic) bond motifs is 1. The van der Waals surface area contributed by atoms with E-state index in [4.69, 9.17) is 5.84 Å². The molecule has 2 aromatic carbocycles. The Kier molecular flexibility index (Phi) is 4.50. The van der Waals surface area contributed by atoms with Crippen molar-refractivity contribution in [2.75, 3.05) is 19.0 Å². The first-order valence-electron chi connectivity index (χ1n) is 7.17. The molecule has 3 rings (SSSR count). The minimum atomic E-state index is -0.693. The van der Waals surface area contributed by atoms with Crippen molar-refractivity contribution in [1.29, 1.82) is 0 Å². The van der Waals surface area contributed by atoms with E-state index in [1.165, 1.54) is 0 Å². The molecule has 24 heavy (non-hydrogen) atoms. The zero-order chi connectivity index (χ0) is 17.1. The van der Waals surface area contributed by atoms with Gasteiger partial charge in [-0.15, -0.1) is 16.5 Å². The molecule has 0 aliphatic rings. The maximum atomic E-state index is 11.0. The lowest BCUT2D eigenvalue weighted by Gasteiger charge is -2.11. The van der Waals surface area contributed by atoms with E-state index in [1.807, 2.05) is 31.7 Å². The fraction of sp³-hybridized carbons (Fsp3) is 0.125. The molecule has 3 aromatic rings. The number of carbonyl (C=O) groups is 1. The largest absolute Gasteiger partial charge is 0.378 e. The normalized spacial score (nSPS) is 11.1. The van der Waals surface area contributed by atoms with Crippen LogP contribution in [0.25, 0.3) is 20.8 Å². The summed E-state index contributed by atoms with van der Waals surface area (Å²) < 4.78 is 0.978. The summed E-state index contributed by atoms with van der Waals surface area (Å²) in [6.45, 7) is 0. The maximum Gasteiger partial charge on any atom is 0.373 e. The number of nitrogens with zero attached hydrogens (tertiary/aromatic N) is 4. The molecule has 0 unspecified atom stereocenters. The molecule has 0 saturated carbocycles. The molecule has 8 heteroatoms. The summed E-state index contributed by atoms with van der Waals surface area (Å²) in [5, 5.41) is 8.22. The van der Waals surface area contributed by atoms with Crippen LogP contribution in [0, 0.1) is 0 Å². The van der Waals surface area contributed by atoms with E-state index < -0.39 is 6.03 Å². The lowest BCUT2D eigenvalue weighted by atomic mass is 10.2. The van der Waals surface area contributed by atoms with Gasteiger partial charge in [0.05, 0.1) is 15.9 Å². The van der Waals surface area contributed by atoms with Gasteiger partial charge in [-0.1, -0.05) is 5.11 Å². The predicted octanol–water partition coefficient (Wildman–Crippen LogP) is 3.70. The number of aromatic nitrogens is 1. The first-order chi connectivity index (χ1) is 11.6. The van der Waals surface area contributed by atoms with Gasteiger partial charge in [-0.3, -0.25) is 5.43 Å². The van der Waals surface area contributed by atoms with Gasteiger partial charge in [0, 0.05) is 25.3 Å². The maximum absolute atomic E-state index is 11.0. The molecule has 0 spiro atoms. The van der Waals surface area contributed by atoms with Crippen molar-refractivity contribution in [3.63, 3.8) is 0 Å². The number of rotatable bonds is 3. The van der Waals surface area contributed by atoms with Gasteiger partial charge in [0.15, 0.2) is 0 Å². The summed E-state index contributed by atoms with van der Waals surface area (Å²) in [7, 11) is 4.02. The first kappa shape index (κ1) is 16.0. The SMILES string of the molecule is CN(C)c1ccc(-c2nc3ccc(N=NC(=O)NN)cc3s2)cc1. The Balaban J connectivity index is 1.90. The van der Waals surface area contributed by atoms with E-state index in [9.17, 15) is 4.79 Å². The van der Waals surface area contributed by atoms with Crippen molar-refractivity contribution in [2.24, 2.45) is 16.1 Å². The van der Waals surface area contributed by atoms with Gasteiger partial charge in [0.25, 0.3) is 0 Å². The third-order valence-corrected chi connectivity index (χ3v) is 4.45. The molecule has 0 bridgehead atoms. The Hall–Kier alpha value is -2.84. The van der Waals surface area contributed by atoms with E-state index in [2.05, 4.69) is 44.4 Å². The number of urea groups is 1. The standard InChI is InChI=1S/C16H16N6OS/c1-22(2)12-6-3-10(4-7-12)15-18-13-8-5-11(9-14(13)24-15)20-21-16(23)19-17/h3-9H,17H2,1-2H3,(H,19,23). The Bertz CT molecular complexity index is 901. The minimum Gasteiger partial charge on any atom is -0.378 e. The van der Waals surface area contributed by atoms with E-state index in [0.29, 0.717) is 5.69 Å². The fourth-order valence-corrected chi connectivity index (χ4v) is 3.14. The number of nitrogens with one attached hydrogen (secondary N) is 1. The van der Waals surface area contributed by atoms with Crippen molar-refractivity contribution >= 4 is 39.0 Å². The van der Waals surface area contributed by atoms with Gasteiger partial charge >= 0.3 is 6.03 Å². The molecule has 0 saturated heterocycles. The zero-order valence-corrected chi connectivity index (χ0v) is 14.0. The smallest absolute Gasteiger partial charge is 0.373 e. The lowest BCUT2D eigenvalue weighted by Crippen LogP contribution is -2.26. The van der Waals surface area contributed by atoms with Crippen LogP contribution in [0.15, 0.2) is 52.7 Å². The summed E-state index contributed by atoms with van der Waals surface area (Å²) in [5.74, 6) is 4.96. The fourth-order valence-electron chi connectivity index (χ4n) is 2.13. The molecule has 1 heterocycles. The van der Waals surface area contributed by atoms with Crippen LogP contribution >= 0.6 is 11.3 Å². The molecule has 7 nitrogen and oxygen atoms in total. The van der Waals surface area contributed by atoms with Crippen molar-refractivity contribution in [2.45, 2.75) is 0 Å². The second kappa shape index (κ2) is 6.73. The zero-order valence-electron chi connectivity index (χ0n) is 13.2. The lowest BCUT2D eigenvalue weighted by molar-refractivity contribution is 0.248. The summed E-state index contributed by atoms with van der Waals surface area (Å²) in [4.78, 5) is 17.7. The van der Waals surface area contributed by atoms with Crippen LogP contribution in [0.4, 0.5) is 16.2 Å². The van der Waals surface area contributed by atoms with Crippen LogP contribution in [0.2, 0.25) is 0 Å². The number of hydrogen-bond donors (Lipinski definition) is 2. The van der Waals surface area contributed by atoms with Crippen LogP contribution < -0.4 is 16.2 Å². The van der Waals surface area contributed by atoms with E-state index in [1.54, 1.807) is 17.4 Å². The predicted molar refractivity (Wildman–Crippen MR) is 96.6 cm³/mol. The molecule has 0 radical (unpaired) electrons. The van der Waals surface area contributed by atoms with Gasteiger partial charge in [-0.2, -0.15) is 0 Å². The monoisotopic (exact) mass is 340 g/mol. The Morgan fingerprint density at radius 1 is 1.21 bits per heavy atom. The van der Waals surface area contributed by atoms with Crippen LogP contribution in [-0.4, -0.2) is 25.1 Å². The molecule has 1 aromatic heterocycles. The summed E-state index contributed by atoms with van der Waals surface area (Å²) >= 11 is 1.57. The van der Waals surface area contributed by atoms with Crippen LogP contribution in [-0.2, 0) is 0 Å². The highest BCUT2D eigenvalue weighted by Crippen LogP contribution is 2.33. The molecule has 0 fully saturated rings. The quantitative estimate of drug-likeness (QED) is 0.329. The summed E-state index contributed by atoms with van der Waals surface area (Å²) in [6.07, 6.45) is 0. The third kappa shape index (κ3) is 3.39. The molecule has 3 N–H and O–H groups in total. The number of nitrogens with two attached hydrogens (primary N) is 1. The van der Waals surface area contributed by atoms with E-state index in [0.717, 1.165) is 26.5 Å². The number of benzene rings is 2. The number of anilines is 1. The second-order valence-corrected chi connectivity index (χ2v) is 6.29. The first-order valence-corrected chi connectivity index (χ1v) is 7.99. The number of thiazole rings is 1. The molecular weight excluding hydrogens is 324 g/mol. The van der Waals surface area contributed by atoms with Crippen LogP contribution in [0.5, 0.6) is 0 Å². The van der Waals surface area contributed by atoms with E-state index >= 15 is 0 Å². The average Bonchev–Trinajstić information content (AvgIpc) is 3.03. The van der Waals surface area contributed by atoms with Gasteiger partial charge in [0.2, 0.25) is 0 Å². The highest BCUT2D eigenvalue weighted by Gasteiger charge is 2.07. The third-order valence-electron chi connectivity index (χ3n) is 3.38. The Morgan fingerprint density at radius 2 is 1.96 bits per heavy atom. The van der Waals surface area contributed by atoms with Gasteiger partial charge in [-0.05, 0) is 42.5 Å². The minimum absolute atomic E-state index is 0.573. The van der Waals surface area contributed by atoms with Gasteiger partial charge < -0.3 is 4.90 Å². The van der Waals surface area contributed by atoms with Crippen molar-refractivity contribution < 1.29 is 4.79 Å². The number of amides is 2.